The fraction of sp³-hybridized carbons (Fsp3) is 0.462. The second-order valence-electron chi connectivity index (χ2n) is 4.83. The first kappa shape index (κ1) is 14.7. The molecule has 0 atom stereocenters. The first-order chi connectivity index (χ1) is 8.24. The maximum absolute atomic E-state index is 11.3. The minimum absolute atomic E-state index is 0.330. The molecule has 0 aromatic heterocycles. The van der Waals surface area contributed by atoms with E-state index in [1.807, 2.05) is 13.8 Å². The van der Waals surface area contributed by atoms with Gasteiger partial charge in [-0.2, -0.15) is 5.26 Å². The molecule has 0 aliphatic carbocycles. The van der Waals surface area contributed by atoms with Gasteiger partial charge in [-0.25, -0.2) is 8.42 Å². The molecule has 0 aliphatic rings. The van der Waals surface area contributed by atoms with Crippen molar-refractivity contribution in [3.8, 4) is 6.07 Å². The Hall–Kier alpha value is -1.38. The molecule has 1 aromatic carbocycles. The number of hydrogen-bond donors (Lipinski definition) is 1. The highest BCUT2D eigenvalue weighted by molar-refractivity contribution is 7.90. The highest BCUT2D eigenvalue weighted by Gasteiger charge is 2.14. The largest absolute Gasteiger partial charge is 0.300 e. The number of nitrogens with zero attached hydrogens (tertiary/aromatic N) is 1. The lowest BCUT2D eigenvalue weighted by Crippen LogP contribution is -2.38. The summed E-state index contributed by atoms with van der Waals surface area (Å²) >= 11 is 0. The fourth-order valence-corrected chi connectivity index (χ4v) is 2.09. The number of nitrogens with one attached hydrogen (secondary N) is 1. The molecule has 1 aromatic rings. The molecule has 4 nitrogen and oxygen atoms in total. The third-order valence-electron chi connectivity index (χ3n) is 2.61. The number of rotatable bonds is 5. The fourth-order valence-electron chi connectivity index (χ4n) is 1.46. The van der Waals surface area contributed by atoms with E-state index in [1.54, 1.807) is 24.3 Å². The third-order valence-corrected chi connectivity index (χ3v) is 3.74. The van der Waals surface area contributed by atoms with Gasteiger partial charge in [0, 0.05) is 12.8 Å². The Labute approximate surface area is 109 Å². The molecule has 0 unspecified atom stereocenters. The van der Waals surface area contributed by atoms with E-state index in [9.17, 15) is 8.42 Å². The summed E-state index contributed by atoms with van der Waals surface area (Å²) in [6.07, 6.45) is 1.95. The molecule has 18 heavy (non-hydrogen) atoms. The van der Waals surface area contributed by atoms with Crippen molar-refractivity contribution in [2.75, 3.05) is 12.8 Å². The zero-order valence-electron chi connectivity index (χ0n) is 10.9. The molecule has 0 aliphatic heterocycles. The lowest BCUT2D eigenvalue weighted by molar-refractivity contribution is 0.490. The van der Waals surface area contributed by atoms with Crippen LogP contribution >= 0.6 is 0 Å². The van der Waals surface area contributed by atoms with Crippen molar-refractivity contribution in [2.45, 2.75) is 30.7 Å². The van der Waals surface area contributed by atoms with Crippen LogP contribution in [0, 0.1) is 11.3 Å². The number of hydrogen-bond acceptors (Lipinski definition) is 4. The first-order valence-corrected chi connectivity index (χ1v) is 7.59. The number of nitriles is 1. The summed E-state index contributed by atoms with van der Waals surface area (Å²) in [6.45, 7) is 4.32. The van der Waals surface area contributed by atoms with Gasteiger partial charge in [-0.1, -0.05) is 12.1 Å². The van der Waals surface area contributed by atoms with Gasteiger partial charge >= 0.3 is 0 Å². The van der Waals surface area contributed by atoms with Crippen molar-refractivity contribution in [3.63, 3.8) is 0 Å². The summed E-state index contributed by atoms with van der Waals surface area (Å²) in [5, 5.41) is 12.0. The highest BCUT2D eigenvalue weighted by atomic mass is 32.2. The Morgan fingerprint density at radius 1 is 1.28 bits per heavy atom. The summed E-state index contributed by atoms with van der Waals surface area (Å²) in [6, 6.07) is 8.99. The van der Waals surface area contributed by atoms with Crippen LogP contribution in [0.25, 0.3) is 0 Å². The number of sulfone groups is 1. The van der Waals surface area contributed by atoms with Crippen LogP contribution in [0.2, 0.25) is 0 Å². The molecule has 0 saturated carbocycles. The van der Waals surface area contributed by atoms with Crippen LogP contribution in [0.15, 0.2) is 29.2 Å². The van der Waals surface area contributed by atoms with E-state index >= 15 is 0 Å². The van der Waals surface area contributed by atoms with Crippen molar-refractivity contribution in [1.82, 2.24) is 5.32 Å². The summed E-state index contributed by atoms with van der Waals surface area (Å²) in [7, 11) is -3.13. The molecular formula is C13H18N2O2S. The van der Waals surface area contributed by atoms with E-state index in [2.05, 4.69) is 11.4 Å². The molecular weight excluding hydrogens is 248 g/mol. The van der Waals surface area contributed by atoms with E-state index in [-0.39, 0.29) is 0 Å². The second-order valence-corrected chi connectivity index (χ2v) is 6.85. The Bertz CT molecular complexity index is 539. The van der Waals surface area contributed by atoms with Gasteiger partial charge in [-0.15, -0.1) is 0 Å². The van der Waals surface area contributed by atoms with Crippen LogP contribution in [-0.2, 0) is 16.3 Å². The summed E-state index contributed by atoms with van der Waals surface area (Å²) < 4.78 is 22.6. The molecule has 0 heterocycles. The zero-order valence-corrected chi connectivity index (χ0v) is 11.7. The van der Waals surface area contributed by atoms with E-state index in [1.165, 1.54) is 6.26 Å². The van der Waals surface area contributed by atoms with Crippen LogP contribution < -0.4 is 5.32 Å². The van der Waals surface area contributed by atoms with Crippen molar-refractivity contribution < 1.29 is 8.42 Å². The van der Waals surface area contributed by atoms with Crippen LogP contribution in [0.4, 0.5) is 0 Å². The Balaban J connectivity index is 2.59. The lowest BCUT2D eigenvalue weighted by atomic mass is 10.1. The van der Waals surface area contributed by atoms with E-state index < -0.39 is 15.4 Å². The molecule has 1 rings (SSSR count). The Kier molecular flexibility index (Phi) is 4.49. The third kappa shape index (κ3) is 4.47. The van der Waals surface area contributed by atoms with Gasteiger partial charge in [0.05, 0.1) is 11.0 Å². The maximum atomic E-state index is 11.3. The molecule has 0 amide bonds. The minimum atomic E-state index is -3.13. The van der Waals surface area contributed by atoms with Crippen molar-refractivity contribution in [1.29, 1.82) is 5.26 Å². The molecule has 1 N–H and O–H groups in total. The minimum Gasteiger partial charge on any atom is -0.300 e. The van der Waals surface area contributed by atoms with E-state index in [4.69, 9.17) is 5.26 Å². The maximum Gasteiger partial charge on any atom is 0.175 e. The second kappa shape index (κ2) is 5.51. The van der Waals surface area contributed by atoms with Crippen molar-refractivity contribution in [2.24, 2.45) is 0 Å². The molecule has 0 spiro atoms. The van der Waals surface area contributed by atoms with E-state index in [0.717, 1.165) is 12.0 Å². The number of benzene rings is 1. The smallest absolute Gasteiger partial charge is 0.175 e. The average Bonchev–Trinajstić information content (AvgIpc) is 2.28. The van der Waals surface area contributed by atoms with Gasteiger partial charge < -0.3 is 0 Å². The van der Waals surface area contributed by atoms with Crippen LogP contribution in [0.1, 0.15) is 19.4 Å². The SMILES string of the molecule is CC(C)(C#N)NCCc1ccc(S(C)(=O)=O)cc1. The zero-order chi connectivity index (χ0) is 13.8. The Morgan fingerprint density at radius 2 is 1.83 bits per heavy atom. The Morgan fingerprint density at radius 3 is 2.28 bits per heavy atom. The van der Waals surface area contributed by atoms with Gasteiger partial charge in [0.25, 0.3) is 0 Å². The normalized spacial score (nSPS) is 12.1. The molecule has 0 radical (unpaired) electrons. The summed E-state index contributed by atoms with van der Waals surface area (Å²) in [5.41, 5.74) is 0.510. The predicted octanol–water partition coefficient (Wildman–Crippen LogP) is 1.52. The van der Waals surface area contributed by atoms with Crippen molar-refractivity contribution >= 4 is 9.84 Å². The van der Waals surface area contributed by atoms with Crippen LogP contribution in [-0.4, -0.2) is 26.8 Å². The topological polar surface area (TPSA) is 70.0 Å². The molecule has 0 saturated heterocycles. The monoisotopic (exact) mass is 266 g/mol. The van der Waals surface area contributed by atoms with Gasteiger partial charge in [0.15, 0.2) is 9.84 Å². The summed E-state index contributed by atoms with van der Waals surface area (Å²) in [4.78, 5) is 0.330. The van der Waals surface area contributed by atoms with Gasteiger partial charge in [0.2, 0.25) is 0 Å². The molecule has 98 valence electrons. The highest BCUT2D eigenvalue weighted by Crippen LogP contribution is 2.10. The van der Waals surface area contributed by atoms with Crippen LogP contribution in [0.5, 0.6) is 0 Å². The van der Waals surface area contributed by atoms with E-state index in [0.29, 0.717) is 11.4 Å². The molecule has 0 fully saturated rings. The standard InChI is InChI=1S/C13H18N2O2S/c1-13(2,10-14)15-9-8-11-4-6-12(7-5-11)18(3,16)17/h4-7,15H,8-9H2,1-3H3. The molecule has 5 heteroatoms. The van der Waals surface area contributed by atoms with Crippen molar-refractivity contribution in [3.05, 3.63) is 29.8 Å². The first-order valence-electron chi connectivity index (χ1n) is 5.70. The summed E-state index contributed by atoms with van der Waals surface area (Å²) in [5.74, 6) is 0. The lowest BCUT2D eigenvalue weighted by Gasteiger charge is -2.17. The quantitative estimate of drug-likeness (QED) is 0.877. The predicted molar refractivity (Wildman–Crippen MR) is 71.0 cm³/mol. The van der Waals surface area contributed by atoms with Crippen LogP contribution in [0.3, 0.4) is 0 Å². The van der Waals surface area contributed by atoms with Gasteiger partial charge in [-0.05, 0) is 38.0 Å². The van der Waals surface area contributed by atoms with Gasteiger partial charge in [-0.3, -0.25) is 5.32 Å². The van der Waals surface area contributed by atoms with Gasteiger partial charge in [0.1, 0.15) is 5.54 Å². The average molecular weight is 266 g/mol. The molecule has 0 bridgehead atoms.